The van der Waals surface area contributed by atoms with Gasteiger partial charge in [-0.3, -0.25) is 0 Å². The van der Waals surface area contributed by atoms with Gasteiger partial charge in [0.25, 0.3) is 0 Å². The van der Waals surface area contributed by atoms with E-state index in [0.29, 0.717) is 5.75 Å². The monoisotopic (exact) mass is 352 g/mol. The van der Waals surface area contributed by atoms with Crippen LogP contribution in [0.2, 0.25) is 0 Å². The van der Waals surface area contributed by atoms with Gasteiger partial charge in [-0.2, -0.15) is 0 Å². The highest BCUT2D eigenvalue weighted by Crippen LogP contribution is 2.37. The molecule has 5 nitrogen and oxygen atoms in total. The van der Waals surface area contributed by atoms with E-state index < -0.39 is 5.97 Å². The number of fused-ring (bicyclic) bond motifs is 2. The molecular weight excluding hydrogens is 338 g/mol. The number of carboxylic acids is 1. The fourth-order valence-electron chi connectivity index (χ4n) is 2.69. The maximum Gasteiger partial charge on any atom is 0.231 e. The Morgan fingerprint density at radius 2 is 1.88 bits per heavy atom. The van der Waals surface area contributed by atoms with Gasteiger partial charge in [0, 0.05) is 17.2 Å². The molecule has 0 aliphatic carbocycles. The summed E-state index contributed by atoms with van der Waals surface area (Å²) in [6, 6.07) is 12.7. The van der Waals surface area contributed by atoms with E-state index in [9.17, 15) is 9.90 Å². The first-order chi connectivity index (χ1) is 12.1. The number of aromatic nitrogens is 1. The fraction of sp³-hybridized carbons (Fsp3) is 0.158. The number of aromatic carboxylic acids is 1. The molecule has 0 atom stereocenters. The highest BCUT2D eigenvalue weighted by atomic mass is 32.2. The van der Waals surface area contributed by atoms with Crippen LogP contribution < -0.4 is 14.6 Å². The van der Waals surface area contributed by atoms with E-state index in [2.05, 4.69) is 6.07 Å². The lowest BCUT2D eigenvalue weighted by molar-refractivity contribution is -0.255. The molecular formula is C19H14NO4S-. The quantitative estimate of drug-likeness (QED) is 0.672. The molecule has 0 saturated heterocycles. The first-order valence-electron chi connectivity index (χ1n) is 7.74. The van der Waals surface area contributed by atoms with Crippen LogP contribution in [0.4, 0.5) is 0 Å². The molecule has 6 heteroatoms. The van der Waals surface area contributed by atoms with E-state index in [1.54, 1.807) is 36.0 Å². The van der Waals surface area contributed by atoms with E-state index >= 15 is 0 Å². The summed E-state index contributed by atoms with van der Waals surface area (Å²) in [5, 5.41) is 12.8. The Bertz CT molecular complexity index is 969. The van der Waals surface area contributed by atoms with Gasteiger partial charge in [0.1, 0.15) is 0 Å². The molecule has 0 bridgehead atoms. The Hall–Kier alpha value is -2.73. The summed E-state index contributed by atoms with van der Waals surface area (Å²) in [7, 11) is 0. The summed E-state index contributed by atoms with van der Waals surface area (Å²) < 4.78 is 10.8. The van der Waals surface area contributed by atoms with Crippen LogP contribution in [0.1, 0.15) is 21.5 Å². The van der Waals surface area contributed by atoms with Crippen LogP contribution >= 0.6 is 11.8 Å². The molecule has 0 fully saturated rings. The summed E-state index contributed by atoms with van der Waals surface area (Å²) in [6.07, 6.45) is 0. The van der Waals surface area contributed by atoms with Crippen molar-refractivity contribution < 1.29 is 19.4 Å². The van der Waals surface area contributed by atoms with Gasteiger partial charge in [0.2, 0.25) is 6.79 Å². The Kier molecular flexibility index (Phi) is 3.97. The molecule has 4 rings (SSSR count). The molecule has 0 N–H and O–H groups in total. The lowest BCUT2D eigenvalue weighted by Crippen LogP contribution is -2.21. The minimum absolute atomic E-state index is 0.185. The van der Waals surface area contributed by atoms with Crippen molar-refractivity contribution in [2.45, 2.75) is 17.7 Å². The third-order valence-corrected chi connectivity index (χ3v) is 5.18. The molecule has 1 aromatic heterocycles. The van der Waals surface area contributed by atoms with Gasteiger partial charge in [0.05, 0.1) is 16.5 Å². The average Bonchev–Trinajstić information content (AvgIpc) is 3.05. The third kappa shape index (κ3) is 3.13. The molecule has 1 aliphatic heterocycles. The van der Waals surface area contributed by atoms with Crippen molar-refractivity contribution in [2.75, 3.05) is 6.79 Å². The SMILES string of the molecule is Cc1cc2cc3c(cc2nc1SCc1ccc(C(=O)[O-])cc1)OCO3. The van der Waals surface area contributed by atoms with Gasteiger partial charge in [-0.15, -0.1) is 11.8 Å². The number of carbonyl (C=O) groups excluding carboxylic acids is 1. The summed E-state index contributed by atoms with van der Waals surface area (Å²) in [4.78, 5) is 15.5. The van der Waals surface area contributed by atoms with Gasteiger partial charge in [0.15, 0.2) is 11.5 Å². The second kappa shape index (κ2) is 6.29. The molecule has 3 aromatic rings. The van der Waals surface area contributed by atoms with Crippen LogP contribution in [0.15, 0.2) is 47.5 Å². The van der Waals surface area contributed by atoms with Crippen LogP contribution in [0, 0.1) is 6.92 Å². The van der Waals surface area contributed by atoms with E-state index in [4.69, 9.17) is 14.5 Å². The minimum Gasteiger partial charge on any atom is -0.545 e. The number of aryl methyl sites for hydroxylation is 1. The average molecular weight is 352 g/mol. The maximum absolute atomic E-state index is 10.8. The standard InChI is InChI=1S/C19H15NO4S/c1-11-6-14-7-16-17(24-10-23-16)8-15(14)20-18(11)25-9-12-2-4-13(5-3-12)19(21)22/h2-8H,9-10H2,1H3,(H,21,22)/p-1. The molecule has 0 saturated carbocycles. The number of hydrogen-bond acceptors (Lipinski definition) is 6. The zero-order chi connectivity index (χ0) is 17.4. The predicted octanol–water partition coefficient (Wildman–Crippen LogP) is 2.93. The largest absolute Gasteiger partial charge is 0.545 e. The van der Waals surface area contributed by atoms with Gasteiger partial charge in [-0.05, 0) is 35.7 Å². The molecule has 126 valence electrons. The van der Waals surface area contributed by atoms with Gasteiger partial charge >= 0.3 is 0 Å². The number of hydrogen-bond donors (Lipinski definition) is 0. The predicted molar refractivity (Wildman–Crippen MR) is 92.9 cm³/mol. The van der Waals surface area contributed by atoms with E-state index in [0.717, 1.165) is 38.6 Å². The number of rotatable bonds is 4. The second-order valence-electron chi connectivity index (χ2n) is 5.78. The maximum atomic E-state index is 10.8. The first kappa shape index (κ1) is 15.8. The molecule has 2 aromatic carbocycles. The van der Waals surface area contributed by atoms with Crippen molar-refractivity contribution in [1.82, 2.24) is 4.98 Å². The highest BCUT2D eigenvalue weighted by Gasteiger charge is 2.15. The van der Waals surface area contributed by atoms with E-state index in [-0.39, 0.29) is 12.4 Å². The topological polar surface area (TPSA) is 71.5 Å². The smallest absolute Gasteiger partial charge is 0.231 e. The highest BCUT2D eigenvalue weighted by molar-refractivity contribution is 7.98. The van der Waals surface area contributed by atoms with Gasteiger partial charge in [-0.1, -0.05) is 24.3 Å². The minimum atomic E-state index is -1.16. The molecule has 0 amide bonds. The molecule has 0 radical (unpaired) electrons. The van der Waals surface area contributed by atoms with Crippen molar-refractivity contribution >= 4 is 28.6 Å². The van der Waals surface area contributed by atoms with Gasteiger partial charge in [-0.25, -0.2) is 4.98 Å². The zero-order valence-electron chi connectivity index (χ0n) is 13.4. The fourth-order valence-corrected chi connectivity index (χ4v) is 3.63. The first-order valence-corrected chi connectivity index (χ1v) is 8.73. The summed E-state index contributed by atoms with van der Waals surface area (Å²) >= 11 is 1.62. The third-order valence-electron chi connectivity index (χ3n) is 4.02. The Morgan fingerprint density at radius 1 is 1.16 bits per heavy atom. The van der Waals surface area contributed by atoms with Crippen LogP contribution in [0.25, 0.3) is 10.9 Å². The van der Waals surface area contributed by atoms with Crippen molar-refractivity contribution in [3.8, 4) is 11.5 Å². The summed E-state index contributed by atoms with van der Waals surface area (Å²) in [6.45, 7) is 2.27. The van der Waals surface area contributed by atoms with Crippen molar-refractivity contribution in [1.29, 1.82) is 0 Å². The van der Waals surface area contributed by atoms with Crippen LogP contribution in [-0.4, -0.2) is 17.7 Å². The molecule has 1 aliphatic rings. The van der Waals surface area contributed by atoms with Crippen molar-refractivity contribution in [3.05, 3.63) is 59.2 Å². The Morgan fingerprint density at radius 3 is 2.60 bits per heavy atom. The molecule has 2 heterocycles. The van der Waals surface area contributed by atoms with E-state index in [1.807, 2.05) is 19.1 Å². The van der Waals surface area contributed by atoms with Crippen molar-refractivity contribution in [3.63, 3.8) is 0 Å². The van der Waals surface area contributed by atoms with Crippen molar-refractivity contribution in [2.24, 2.45) is 0 Å². The number of benzene rings is 2. The number of carboxylic acid groups (broad SMARTS) is 1. The number of carbonyl (C=O) groups is 1. The summed E-state index contributed by atoms with van der Waals surface area (Å²) in [5.41, 5.74) is 3.17. The van der Waals surface area contributed by atoms with Crippen LogP contribution in [0.3, 0.4) is 0 Å². The van der Waals surface area contributed by atoms with Gasteiger partial charge < -0.3 is 19.4 Å². The number of nitrogens with zero attached hydrogens (tertiary/aromatic N) is 1. The molecule has 25 heavy (non-hydrogen) atoms. The normalized spacial score (nSPS) is 12.5. The number of ether oxygens (including phenoxy) is 2. The second-order valence-corrected chi connectivity index (χ2v) is 6.75. The lowest BCUT2D eigenvalue weighted by Gasteiger charge is -2.09. The zero-order valence-corrected chi connectivity index (χ0v) is 14.3. The van der Waals surface area contributed by atoms with E-state index in [1.165, 1.54) is 0 Å². The number of pyridine rings is 1. The Labute approximate surface area is 148 Å². The molecule has 0 unspecified atom stereocenters. The molecule has 0 spiro atoms. The Balaban J connectivity index is 1.57. The lowest BCUT2D eigenvalue weighted by atomic mass is 10.1. The van der Waals surface area contributed by atoms with Crippen LogP contribution in [0.5, 0.6) is 11.5 Å². The van der Waals surface area contributed by atoms with Crippen LogP contribution in [-0.2, 0) is 5.75 Å². The number of thioether (sulfide) groups is 1. The summed E-state index contributed by atoms with van der Waals surface area (Å²) in [5.74, 6) is 1.02.